The van der Waals surface area contributed by atoms with E-state index in [0.717, 1.165) is 25.2 Å². The lowest BCUT2D eigenvalue weighted by Crippen LogP contribution is -2.35. The van der Waals surface area contributed by atoms with Crippen molar-refractivity contribution in [3.8, 4) is 0 Å². The Hall–Kier alpha value is -2.20. The summed E-state index contributed by atoms with van der Waals surface area (Å²) in [5, 5.41) is 1.21. The number of nitrogens with zero attached hydrogens (tertiary/aromatic N) is 3. The van der Waals surface area contributed by atoms with Gasteiger partial charge in [-0.15, -0.1) is 0 Å². The van der Waals surface area contributed by atoms with Crippen molar-refractivity contribution in [3.05, 3.63) is 60.2 Å². The van der Waals surface area contributed by atoms with E-state index in [9.17, 15) is 0 Å². The SMILES string of the molecule is c1ccc(CN2CCC[C@H](Cc3cnc4[nH]ccc4c3)C2)nc1. The largest absolute Gasteiger partial charge is 0.346 e. The van der Waals surface area contributed by atoms with Gasteiger partial charge in [0.2, 0.25) is 0 Å². The predicted octanol–water partition coefficient (Wildman–Crippen LogP) is 3.41. The standard InChI is InChI=1S/C19H22N4/c1-2-7-20-18(5-1)14-23-9-3-4-15(13-23)10-16-11-17-6-8-21-19(17)22-12-16/h1-2,5-8,11-12,15H,3-4,9-10,13-14H2,(H,21,22)/t15-/m1/s1. The molecule has 1 N–H and O–H groups in total. The first kappa shape index (κ1) is 14.4. The van der Waals surface area contributed by atoms with Gasteiger partial charge in [-0.2, -0.15) is 0 Å². The van der Waals surface area contributed by atoms with Gasteiger partial charge < -0.3 is 4.98 Å². The highest BCUT2D eigenvalue weighted by Crippen LogP contribution is 2.23. The minimum atomic E-state index is 0.714. The Balaban J connectivity index is 1.40. The molecule has 4 heterocycles. The summed E-state index contributed by atoms with van der Waals surface area (Å²) >= 11 is 0. The molecule has 0 unspecified atom stereocenters. The van der Waals surface area contributed by atoms with Crippen LogP contribution in [0, 0.1) is 5.92 Å². The van der Waals surface area contributed by atoms with Gasteiger partial charge in [0.1, 0.15) is 5.65 Å². The predicted molar refractivity (Wildman–Crippen MR) is 92.0 cm³/mol. The summed E-state index contributed by atoms with van der Waals surface area (Å²) in [6, 6.07) is 10.5. The molecule has 0 aliphatic carbocycles. The number of pyridine rings is 2. The van der Waals surface area contributed by atoms with E-state index in [-0.39, 0.29) is 0 Å². The second-order valence-electron chi connectivity index (χ2n) is 6.53. The summed E-state index contributed by atoms with van der Waals surface area (Å²) in [4.78, 5) is 14.7. The van der Waals surface area contributed by atoms with Gasteiger partial charge in [0.15, 0.2) is 0 Å². The second-order valence-corrected chi connectivity index (χ2v) is 6.53. The van der Waals surface area contributed by atoms with Crippen LogP contribution in [0.4, 0.5) is 0 Å². The molecule has 1 aliphatic rings. The van der Waals surface area contributed by atoms with Gasteiger partial charge in [0.05, 0.1) is 5.69 Å². The Kier molecular flexibility index (Phi) is 4.07. The van der Waals surface area contributed by atoms with Crippen molar-refractivity contribution in [3.63, 3.8) is 0 Å². The number of rotatable bonds is 4. The molecule has 3 aromatic rings. The molecule has 4 rings (SSSR count). The van der Waals surface area contributed by atoms with E-state index >= 15 is 0 Å². The highest BCUT2D eigenvalue weighted by Gasteiger charge is 2.20. The fourth-order valence-electron chi connectivity index (χ4n) is 3.61. The van der Waals surface area contributed by atoms with Crippen LogP contribution in [0.2, 0.25) is 0 Å². The van der Waals surface area contributed by atoms with Crippen LogP contribution < -0.4 is 0 Å². The molecule has 0 amide bonds. The molecule has 4 heteroatoms. The van der Waals surface area contributed by atoms with E-state index < -0.39 is 0 Å². The number of nitrogens with one attached hydrogen (secondary N) is 1. The van der Waals surface area contributed by atoms with E-state index in [2.05, 4.69) is 44.1 Å². The molecule has 23 heavy (non-hydrogen) atoms. The first-order chi connectivity index (χ1) is 11.4. The average molecular weight is 306 g/mol. The minimum absolute atomic E-state index is 0.714. The normalized spacial score (nSPS) is 19.2. The maximum atomic E-state index is 4.51. The lowest BCUT2D eigenvalue weighted by molar-refractivity contribution is 0.165. The zero-order valence-electron chi connectivity index (χ0n) is 13.3. The zero-order chi connectivity index (χ0) is 15.5. The second kappa shape index (κ2) is 6.50. The van der Waals surface area contributed by atoms with Crippen molar-refractivity contribution in [2.24, 2.45) is 5.92 Å². The number of piperidine rings is 1. The maximum absolute atomic E-state index is 4.51. The van der Waals surface area contributed by atoms with Gasteiger partial charge in [-0.3, -0.25) is 9.88 Å². The van der Waals surface area contributed by atoms with Crippen LogP contribution in [0.1, 0.15) is 24.1 Å². The number of hydrogen-bond donors (Lipinski definition) is 1. The first-order valence-corrected chi connectivity index (χ1v) is 8.41. The van der Waals surface area contributed by atoms with Crippen molar-refractivity contribution in [1.82, 2.24) is 19.9 Å². The van der Waals surface area contributed by atoms with Crippen LogP contribution in [-0.4, -0.2) is 32.9 Å². The zero-order valence-corrected chi connectivity index (χ0v) is 13.3. The summed E-state index contributed by atoms with van der Waals surface area (Å²) in [5.74, 6) is 0.714. The molecule has 0 bridgehead atoms. The van der Waals surface area contributed by atoms with E-state index in [0.29, 0.717) is 5.92 Å². The average Bonchev–Trinajstić information content (AvgIpc) is 3.04. The fraction of sp³-hybridized carbons (Fsp3) is 0.368. The molecule has 0 saturated carbocycles. The number of H-pyrrole nitrogens is 1. The van der Waals surface area contributed by atoms with Gasteiger partial charge in [0, 0.05) is 37.1 Å². The van der Waals surface area contributed by atoms with Crippen LogP contribution in [0.25, 0.3) is 11.0 Å². The molecule has 1 atom stereocenters. The van der Waals surface area contributed by atoms with Gasteiger partial charge in [-0.25, -0.2) is 4.98 Å². The monoisotopic (exact) mass is 306 g/mol. The number of aromatic amines is 1. The molecule has 4 nitrogen and oxygen atoms in total. The summed E-state index contributed by atoms with van der Waals surface area (Å²) < 4.78 is 0. The molecular formula is C19H22N4. The van der Waals surface area contributed by atoms with Crippen LogP contribution in [0.15, 0.2) is 48.9 Å². The summed E-state index contributed by atoms with van der Waals surface area (Å²) in [6.45, 7) is 3.30. The first-order valence-electron chi connectivity index (χ1n) is 8.41. The number of likely N-dealkylation sites (tertiary alicyclic amines) is 1. The summed E-state index contributed by atoms with van der Waals surface area (Å²) in [7, 11) is 0. The summed E-state index contributed by atoms with van der Waals surface area (Å²) in [5.41, 5.74) is 3.50. The van der Waals surface area contributed by atoms with Crippen molar-refractivity contribution < 1.29 is 0 Å². The Morgan fingerprint density at radius 3 is 3.13 bits per heavy atom. The Morgan fingerprint density at radius 1 is 1.22 bits per heavy atom. The minimum Gasteiger partial charge on any atom is -0.346 e. The number of hydrogen-bond acceptors (Lipinski definition) is 3. The summed E-state index contributed by atoms with van der Waals surface area (Å²) in [6.07, 6.45) is 9.57. The Morgan fingerprint density at radius 2 is 2.22 bits per heavy atom. The van der Waals surface area contributed by atoms with Crippen LogP contribution in [0.3, 0.4) is 0 Å². The van der Waals surface area contributed by atoms with Gasteiger partial charge in [-0.1, -0.05) is 6.07 Å². The smallest absolute Gasteiger partial charge is 0.137 e. The molecule has 1 saturated heterocycles. The lowest BCUT2D eigenvalue weighted by atomic mass is 9.91. The lowest BCUT2D eigenvalue weighted by Gasteiger charge is -2.32. The van der Waals surface area contributed by atoms with Gasteiger partial charge in [-0.05, 0) is 61.6 Å². The third kappa shape index (κ3) is 3.42. The van der Waals surface area contributed by atoms with E-state index in [1.165, 1.54) is 36.0 Å². The van der Waals surface area contributed by atoms with E-state index in [1.54, 1.807) is 0 Å². The highest BCUT2D eigenvalue weighted by molar-refractivity contribution is 5.75. The van der Waals surface area contributed by atoms with E-state index in [4.69, 9.17) is 0 Å². The van der Waals surface area contributed by atoms with Crippen molar-refractivity contribution >= 4 is 11.0 Å². The van der Waals surface area contributed by atoms with Crippen LogP contribution in [-0.2, 0) is 13.0 Å². The Labute approximate surface area is 136 Å². The Bertz CT molecular complexity index is 765. The molecule has 0 spiro atoms. The van der Waals surface area contributed by atoms with Gasteiger partial charge in [0.25, 0.3) is 0 Å². The molecule has 3 aromatic heterocycles. The molecular weight excluding hydrogens is 284 g/mol. The third-order valence-corrected chi connectivity index (χ3v) is 4.70. The number of fused-ring (bicyclic) bond motifs is 1. The molecule has 0 radical (unpaired) electrons. The molecule has 1 aliphatic heterocycles. The van der Waals surface area contributed by atoms with Crippen molar-refractivity contribution in [2.75, 3.05) is 13.1 Å². The molecule has 0 aromatic carbocycles. The van der Waals surface area contributed by atoms with Gasteiger partial charge >= 0.3 is 0 Å². The van der Waals surface area contributed by atoms with Crippen molar-refractivity contribution in [1.29, 1.82) is 0 Å². The topological polar surface area (TPSA) is 44.8 Å². The maximum Gasteiger partial charge on any atom is 0.137 e. The molecule has 1 fully saturated rings. The fourth-order valence-corrected chi connectivity index (χ4v) is 3.61. The van der Waals surface area contributed by atoms with Crippen molar-refractivity contribution in [2.45, 2.75) is 25.8 Å². The molecule has 118 valence electrons. The van der Waals surface area contributed by atoms with E-state index in [1.807, 2.05) is 24.7 Å². The van der Waals surface area contributed by atoms with Crippen LogP contribution >= 0.6 is 0 Å². The number of aromatic nitrogens is 3. The quantitative estimate of drug-likeness (QED) is 0.803. The van der Waals surface area contributed by atoms with Crippen LogP contribution in [0.5, 0.6) is 0 Å². The third-order valence-electron chi connectivity index (χ3n) is 4.70. The highest BCUT2D eigenvalue weighted by atomic mass is 15.1.